The first-order valence-corrected chi connectivity index (χ1v) is 4.75. The molecule has 0 aromatic carbocycles. The van der Waals surface area contributed by atoms with Crippen molar-refractivity contribution in [3.63, 3.8) is 0 Å². The predicted octanol–water partition coefficient (Wildman–Crippen LogP) is 3.68. The largest absolute Gasteiger partial charge is 0.127 e. The molecule has 0 rings (SSSR count). The molecule has 0 aliphatic carbocycles. The number of rotatable bonds is 3. The summed E-state index contributed by atoms with van der Waals surface area (Å²) in [7, 11) is 0. The molecule has 0 saturated heterocycles. The Morgan fingerprint density at radius 2 is 2.38 bits per heavy atom. The molecule has 48 valence electrons. The molecular formula is C5H7BrClI. The van der Waals surface area contributed by atoms with Crippen molar-refractivity contribution in [1.82, 2.24) is 0 Å². The number of unbranched alkanes of at least 4 members (excludes halogenated alkanes) is 1. The molecule has 0 unspecified atom stereocenters. The topological polar surface area (TPSA) is 0 Å². The first-order chi connectivity index (χ1) is 3.77. The summed E-state index contributed by atoms with van der Waals surface area (Å²) in [4.78, 5) is 0. The van der Waals surface area contributed by atoms with Crippen molar-refractivity contribution in [2.75, 3.05) is 5.88 Å². The summed E-state index contributed by atoms with van der Waals surface area (Å²) in [6, 6.07) is 0. The third-order valence-electron chi connectivity index (χ3n) is 0.636. The minimum atomic E-state index is 0.757. The molecule has 3 heteroatoms. The number of halogens is 3. The molecule has 0 amide bonds. The fourth-order valence-corrected chi connectivity index (χ4v) is 0.983. The van der Waals surface area contributed by atoms with Gasteiger partial charge in [0.1, 0.15) is 0 Å². The summed E-state index contributed by atoms with van der Waals surface area (Å²) in [6.07, 6.45) is 4.26. The third kappa shape index (κ3) is 7.24. The van der Waals surface area contributed by atoms with Crippen LogP contribution >= 0.6 is 50.1 Å². The second-order valence-corrected chi connectivity index (χ2v) is 5.20. The second kappa shape index (κ2) is 6.36. The molecule has 8 heavy (non-hydrogen) atoms. The zero-order chi connectivity index (χ0) is 6.41. The van der Waals surface area contributed by atoms with Crippen LogP contribution in [0.4, 0.5) is 0 Å². The standard InChI is InChI=1S/C5H7BrClI/c6-5(8)3-1-2-4-7/h3H,1-2,4H2/b5-3+. The molecule has 0 spiro atoms. The maximum Gasteiger partial charge on any atom is 0.0519 e. The van der Waals surface area contributed by atoms with Crippen LogP contribution < -0.4 is 0 Å². The van der Waals surface area contributed by atoms with Gasteiger partial charge in [0.05, 0.1) is 2.49 Å². The second-order valence-electron chi connectivity index (χ2n) is 1.32. The Kier molecular flexibility index (Phi) is 7.35. The van der Waals surface area contributed by atoms with E-state index in [-0.39, 0.29) is 0 Å². The Bertz CT molecular complexity index is 78.5. The Morgan fingerprint density at radius 3 is 2.75 bits per heavy atom. The van der Waals surface area contributed by atoms with Crippen molar-refractivity contribution in [1.29, 1.82) is 0 Å². The Hall–Kier alpha value is 1.24. The predicted molar refractivity (Wildman–Crippen MR) is 51.0 cm³/mol. The monoisotopic (exact) mass is 308 g/mol. The van der Waals surface area contributed by atoms with Crippen LogP contribution in [-0.4, -0.2) is 5.88 Å². The van der Waals surface area contributed by atoms with E-state index in [1.54, 1.807) is 0 Å². The number of allylic oxidation sites excluding steroid dienone is 1. The van der Waals surface area contributed by atoms with E-state index in [1.807, 2.05) is 0 Å². The summed E-state index contributed by atoms with van der Waals surface area (Å²) in [5, 5.41) is 0. The average molecular weight is 309 g/mol. The van der Waals surface area contributed by atoms with Crippen molar-refractivity contribution in [2.24, 2.45) is 0 Å². The molecule has 0 radical (unpaired) electrons. The molecule has 0 saturated carbocycles. The summed E-state index contributed by atoms with van der Waals surface area (Å²) in [6.45, 7) is 0. The van der Waals surface area contributed by atoms with Crippen LogP contribution in [0.15, 0.2) is 8.57 Å². The highest BCUT2D eigenvalue weighted by molar-refractivity contribution is 14.1. The maximum atomic E-state index is 5.44. The SMILES string of the molecule is ClCCC/C=C(\Br)I. The van der Waals surface area contributed by atoms with Gasteiger partial charge in [0, 0.05) is 5.88 Å². The van der Waals surface area contributed by atoms with E-state index in [4.69, 9.17) is 11.6 Å². The minimum Gasteiger partial charge on any atom is -0.127 e. The van der Waals surface area contributed by atoms with Gasteiger partial charge in [0.25, 0.3) is 0 Å². The van der Waals surface area contributed by atoms with Crippen LogP contribution in [-0.2, 0) is 0 Å². The van der Waals surface area contributed by atoms with Crippen LogP contribution in [0.2, 0.25) is 0 Å². The molecule has 0 heterocycles. The van der Waals surface area contributed by atoms with Gasteiger partial charge in [-0.15, -0.1) is 11.6 Å². The Morgan fingerprint density at radius 1 is 1.75 bits per heavy atom. The molecule has 0 aliphatic heterocycles. The van der Waals surface area contributed by atoms with Gasteiger partial charge in [-0.25, -0.2) is 0 Å². The van der Waals surface area contributed by atoms with E-state index >= 15 is 0 Å². The molecule has 0 aromatic heterocycles. The third-order valence-corrected chi connectivity index (χ3v) is 1.67. The Balaban J connectivity index is 3.03. The highest BCUT2D eigenvalue weighted by Crippen LogP contribution is 2.14. The molecule has 0 nitrogen and oxygen atoms in total. The maximum absolute atomic E-state index is 5.44. The van der Waals surface area contributed by atoms with Crippen LogP contribution in [0.5, 0.6) is 0 Å². The van der Waals surface area contributed by atoms with Gasteiger partial charge in [-0.05, 0) is 51.4 Å². The normalized spacial score (nSPS) is 12.1. The van der Waals surface area contributed by atoms with Crippen LogP contribution in [0.25, 0.3) is 0 Å². The van der Waals surface area contributed by atoms with Gasteiger partial charge in [-0.3, -0.25) is 0 Å². The van der Waals surface area contributed by atoms with E-state index < -0.39 is 0 Å². The fraction of sp³-hybridized carbons (Fsp3) is 0.600. The molecule has 0 fully saturated rings. The first-order valence-electron chi connectivity index (χ1n) is 2.34. The zero-order valence-electron chi connectivity index (χ0n) is 4.33. The molecule has 0 atom stereocenters. The van der Waals surface area contributed by atoms with Crippen molar-refractivity contribution in [3.8, 4) is 0 Å². The number of alkyl halides is 1. The van der Waals surface area contributed by atoms with Gasteiger partial charge in [-0.2, -0.15) is 0 Å². The summed E-state index contributed by atoms with van der Waals surface area (Å²) in [5.41, 5.74) is 0. The van der Waals surface area contributed by atoms with Crippen molar-refractivity contribution >= 4 is 50.1 Å². The van der Waals surface area contributed by atoms with Gasteiger partial charge in [0.2, 0.25) is 0 Å². The van der Waals surface area contributed by atoms with Crippen molar-refractivity contribution in [2.45, 2.75) is 12.8 Å². The molecule has 0 aromatic rings. The van der Waals surface area contributed by atoms with Crippen LogP contribution in [0.1, 0.15) is 12.8 Å². The van der Waals surface area contributed by atoms with Crippen molar-refractivity contribution < 1.29 is 0 Å². The fourth-order valence-electron chi connectivity index (χ4n) is 0.288. The van der Waals surface area contributed by atoms with Gasteiger partial charge in [-0.1, -0.05) is 6.08 Å². The number of hydrogen-bond acceptors (Lipinski definition) is 0. The van der Waals surface area contributed by atoms with E-state index in [0.29, 0.717) is 0 Å². The lowest BCUT2D eigenvalue weighted by molar-refractivity contribution is 0.968. The highest BCUT2D eigenvalue weighted by atomic mass is 127. The van der Waals surface area contributed by atoms with Crippen LogP contribution in [0, 0.1) is 0 Å². The lowest BCUT2D eigenvalue weighted by Gasteiger charge is -1.85. The molecular weight excluding hydrogens is 302 g/mol. The summed E-state index contributed by atoms with van der Waals surface area (Å²) in [5.74, 6) is 0.757. The molecule has 0 aliphatic rings. The smallest absolute Gasteiger partial charge is 0.0519 e. The van der Waals surface area contributed by atoms with Gasteiger partial charge in [0.15, 0.2) is 0 Å². The number of hydrogen-bond donors (Lipinski definition) is 0. The van der Waals surface area contributed by atoms with Gasteiger partial charge >= 0.3 is 0 Å². The first kappa shape index (κ1) is 9.24. The Labute approximate surface area is 76.9 Å². The van der Waals surface area contributed by atoms with E-state index in [2.05, 4.69) is 44.6 Å². The highest BCUT2D eigenvalue weighted by Gasteiger charge is 1.81. The summed E-state index contributed by atoms with van der Waals surface area (Å²) >= 11 is 11.0. The lowest BCUT2D eigenvalue weighted by Crippen LogP contribution is -1.69. The van der Waals surface area contributed by atoms with E-state index in [1.165, 1.54) is 2.49 Å². The average Bonchev–Trinajstić information content (AvgIpc) is 1.66. The van der Waals surface area contributed by atoms with E-state index in [9.17, 15) is 0 Å². The summed E-state index contributed by atoms with van der Waals surface area (Å²) < 4.78 is 1.17. The van der Waals surface area contributed by atoms with Crippen LogP contribution in [0.3, 0.4) is 0 Å². The van der Waals surface area contributed by atoms with Crippen molar-refractivity contribution in [3.05, 3.63) is 8.57 Å². The van der Waals surface area contributed by atoms with E-state index in [0.717, 1.165) is 18.7 Å². The zero-order valence-corrected chi connectivity index (χ0v) is 8.83. The minimum absolute atomic E-state index is 0.757. The lowest BCUT2D eigenvalue weighted by atomic mass is 10.3. The molecule has 0 bridgehead atoms. The molecule has 0 N–H and O–H groups in total. The van der Waals surface area contributed by atoms with Gasteiger partial charge < -0.3 is 0 Å². The quantitative estimate of drug-likeness (QED) is 0.424.